The molecule has 0 spiro atoms. The van der Waals surface area contributed by atoms with E-state index in [0.29, 0.717) is 5.82 Å². The molecule has 2 rings (SSSR count). The van der Waals surface area contributed by atoms with E-state index in [0.717, 1.165) is 14.7 Å². The zero-order valence-electron chi connectivity index (χ0n) is 10.5. The lowest BCUT2D eigenvalue weighted by Crippen LogP contribution is -2.15. The quantitative estimate of drug-likeness (QED) is 0.823. The van der Waals surface area contributed by atoms with E-state index in [2.05, 4.69) is 32.3 Å². The lowest BCUT2D eigenvalue weighted by Gasteiger charge is -2.10. The van der Waals surface area contributed by atoms with Gasteiger partial charge in [-0.25, -0.2) is 13.4 Å². The Morgan fingerprint density at radius 1 is 1.16 bits per heavy atom. The van der Waals surface area contributed by atoms with E-state index in [4.69, 9.17) is 0 Å². The van der Waals surface area contributed by atoms with Crippen molar-refractivity contribution >= 4 is 38.4 Å². The molecule has 0 atom stereocenters. The average Bonchev–Trinajstić information content (AvgIpc) is 2.31. The first-order valence-electron chi connectivity index (χ1n) is 5.60. The van der Waals surface area contributed by atoms with Crippen LogP contribution in [0.15, 0.2) is 41.4 Å². The Labute approximate surface area is 126 Å². The second-order valence-corrected chi connectivity index (χ2v) is 7.13. The van der Waals surface area contributed by atoms with Gasteiger partial charge >= 0.3 is 0 Å². The van der Waals surface area contributed by atoms with Gasteiger partial charge in [-0.1, -0.05) is 17.7 Å². The third-order valence-electron chi connectivity index (χ3n) is 2.59. The highest BCUT2D eigenvalue weighted by molar-refractivity contribution is 14.1. The number of benzene rings is 1. The van der Waals surface area contributed by atoms with Crippen molar-refractivity contribution < 1.29 is 8.42 Å². The lowest BCUT2D eigenvalue weighted by atomic mass is 10.2. The molecule has 0 bridgehead atoms. The Morgan fingerprint density at radius 3 is 2.47 bits per heavy atom. The molecule has 0 aliphatic heterocycles. The number of pyridine rings is 1. The molecule has 4 nitrogen and oxygen atoms in total. The average molecular weight is 388 g/mol. The van der Waals surface area contributed by atoms with E-state index in [1.807, 2.05) is 13.0 Å². The fraction of sp³-hybridized carbons (Fsp3) is 0.154. The van der Waals surface area contributed by atoms with Gasteiger partial charge in [0.1, 0.15) is 5.82 Å². The van der Waals surface area contributed by atoms with Crippen LogP contribution in [0, 0.1) is 17.4 Å². The maximum Gasteiger partial charge on any atom is 0.263 e. The molecule has 0 aliphatic rings. The molecule has 0 fully saturated rings. The van der Waals surface area contributed by atoms with Crippen molar-refractivity contribution in [1.82, 2.24) is 4.98 Å². The lowest BCUT2D eigenvalue weighted by molar-refractivity contribution is 0.600. The second-order valence-electron chi connectivity index (χ2n) is 4.24. The van der Waals surface area contributed by atoms with Crippen LogP contribution in [0.5, 0.6) is 0 Å². The number of anilines is 1. The molecule has 2 aromatic rings. The molecule has 6 heteroatoms. The Balaban J connectivity index is 2.35. The molecule has 100 valence electrons. The van der Waals surface area contributed by atoms with Gasteiger partial charge < -0.3 is 0 Å². The van der Waals surface area contributed by atoms with Crippen molar-refractivity contribution in [3.8, 4) is 0 Å². The number of aryl methyl sites for hydroxylation is 2. The predicted octanol–water partition coefficient (Wildman–Crippen LogP) is 3.10. The maximum atomic E-state index is 12.3. The molecule has 1 heterocycles. The van der Waals surface area contributed by atoms with Crippen LogP contribution >= 0.6 is 22.6 Å². The molecule has 1 N–H and O–H groups in total. The summed E-state index contributed by atoms with van der Waals surface area (Å²) in [4.78, 5) is 4.31. The maximum absolute atomic E-state index is 12.3. The van der Waals surface area contributed by atoms with Crippen LogP contribution in [0.4, 0.5) is 5.82 Å². The Bertz CT molecular complexity index is 697. The smallest absolute Gasteiger partial charge is 0.263 e. The molecule has 0 aliphatic carbocycles. The first-order chi connectivity index (χ1) is 8.88. The number of rotatable bonds is 3. The molecule has 0 saturated carbocycles. The first kappa shape index (κ1) is 14.3. The molecule has 1 aromatic carbocycles. The fourth-order valence-corrected chi connectivity index (χ4v) is 3.28. The summed E-state index contributed by atoms with van der Waals surface area (Å²) in [6.07, 6.45) is 1.61. The molecule has 19 heavy (non-hydrogen) atoms. The van der Waals surface area contributed by atoms with Gasteiger partial charge in [-0.2, -0.15) is 0 Å². The summed E-state index contributed by atoms with van der Waals surface area (Å²) in [5.41, 5.74) is 1.75. The number of nitrogens with zero attached hydrogens (tertiary/aromatic N) is 1. The van der Waals surface area contributed by atoms with Crippen LogP contribution in [0.3, 0.4) is 0 Å². The molecule has 1 aromatic heterocycles. The van der Waals surface area contributed by atoms with Crippen molar-refractivity contribution in [1.29, 1.82) is 0 Å². The first-order valence-corrected chi connectivity index (χ1v) is 8.16. The third-order valence-corrected chi connectivity index (χ3v) is 4.74. The van der Waals surface area contributed by atoms with E-state index in [1.54, 1.807) is 37.4 Å². The largest absolute Gasteiger partial charge is 0.263 e. The van der Waals surface area contributed by atoms with Gasteiger partial charge in [-0.3, -0.25) is 4.72 Å². The molecule has 0 amide bonds. The number of nitrogens with one attached hydrogen (secondary N) is 1. The van der Waals surface area contributed by atoms with E-state index in [-0.39, 0.29) is 4.90 Å². The zero-order valence-corrected chi connectivity index (χ0v) is 13.5. The summed E-state index contributed by atoms with van der Waals surface area (Å²) in [5, 5.41) is 0. The number of halogens is 1. The third kappa shape index (κ3) is 3.44. The van der Waals surface area contributed by atoms with Crippen molar-refractivity contribution in [2.24, 2.45) is 0 Å². The molecule has 0 saturated heterocycles. The minimum Gasteiger partial charge on any atom is -0.263 e. The van der Waals surface area contributed by atoms with Crippen LogP contribution < -0.4 is 4.72 Å². The van der Waals surface area contributed by atoms with Gasteiger partial charge in [0.15, 0.2) is 0 Å². The van der Waals surface area contributed by atoms with Crippen molar-refractivity contribution in [2.45, 2.75) is 18.7 Å². The van der Waals surface area contributed by atoms with Gasteiger partial charge in [0.05, 0.1) is 4.90 Å². The van der Waals surface area contributed by atoms with Gasteiger partial charge in [0.2, 0.25) is 0 Å². The topological polar surface area (TPSA) is 59.1 Å². The van der Waals surface area contributed by atoms with E-state index >= 15 is 0 Å². The van der Waals surface area contributed by atoms with Crippen molar-refractivity contribution in [3.63, 3.8) is 0 Å². The van der Waals surface area contributed by atoms with Crippen LogP contribution in [0.1, 0.15) is 11.1 Å². The fourth-order valence-electron chi connectivity index (χ4n) is 1.73. The predicted molar refractivity (Wildman–Crippen MR) is 83.7 cm³/mol. The standard InChI is InChI=1S/C13H13IN2O2S/c1-9-3-5-12(10(2)7-9)19(17,18)16-13-6-4-11(14)8-15-13/h3-8H,1-2H3,(H,15,16). The summed E-state index contributed by atoms with van der Waals surface area (Å²) in [5.74, 6) is 0.320. The van der Waals surface area contributed by atoms with E-state index in [1.165, 1.54) is 0 Å². The zero-order chi connectivity index (χ0) is 14.0. The van der Waals surface area contributed by atoms with E-state index < -0.39 is 10.0 Å². The van der Waals surface area contributed by atoms with Gasteiger partial charge in [0.25, 0.3) is 10.0 Å². The monoisotopic (exact) mass is 388 g/mol. The van der Waals surface area contributed by atoms with Crippen LogP contribution in [-0.4, -0.2) is 13.4 Å². The molecular weight excluding hydrogens is 375 g/mol. The van der Waals surface area contributed by atoms with Gasteiger partial charge in [-0.15, -0.1) is 0 Å². The van der Waals surface area contributed by atoms with Gasteiger partial charge in [0, 0.05) is 9.77 Å². The molecule has 0 radical (unpaired) electrons. The van der Waals surface area contributed by atoms with Gasteiger partial charge in [-0.05, 0) is 60.2 Å². The number of hydrogen-bond donors (Lipinski definition) is 1. The van der Waals surface area contributed by atoms with Crippen LogP contribution in [-0.2, 0) is 10.0 Å². The Kier molecular flexibility index (Phi) is 4.10. The summed E-state index contributed by atoms with van der Waals surface area (Å²) >= 11 is 2.11. The number of sulfonamides is 1. The molecular formula is C13H13IN2O2S. The van der Waals surface area contributed by atoms with Crippen molar-refractivity contribution in [2.75, 3.05) is 4.72 Å². The number of aromatic nitrogens is 1. The normalized spacial score (nSPS) is 11.3. The highest BCUT2D eigenvalue weighted by Gasteiger charge is 2.17. The summed E-state index contributed by atoms with van der Waals surface area (Å²) in [6, 6.07) is 8.68. The second kappa shape index (κ2) is 5.46. The summed E-state index contributed by atoms with van der Waals surface area (Å²) in [6.45, 7) is 3.71. The SMILES string of the molecule is Cc1ccc(S(=O)(=O)Nc2ccc(I)cn2)c(C)c1. The van der Waals surface area contributed by atoms with Crippen molar-refractivity contribution in [3.05, 3.63) is 51.2 Å². The number of hydrogen-bond acceptors (Lipinski definition) is 3. The Morgan fingerprint density at radius 2 is 1.89 bits per heavy atom. The highest BCUT2D eigenvalue weighted by atomic mass is 127. The summed E-state index contributed by atoms with van der Waals surface area (Å²) in [7, 11) is -3.59. The van der Waals surface area contributed by atoms with Crippen LogP contribution in [0.25, 0.3) is 0 Å². The minimum absolute atomic E-state index is 0.276. The minimum atomic E-state index is -3.59. The Hall–Kier alpha value is -1.15. The van der Waals surface area contributed by atoms with E-state index in [9.17, 15) is 8.42 Å². The highest BCUT2D eigenvalue weighted by Crippen LogP contribution is 2.19. The molecule has 0 unspecified atom stereocenters. The summed E-state index contributed by atoms with van der Waals surface area (Å²) < 4.78 is 28.0. The van der Waals surface area contributed by atoms with Crippen LogP contribution in [0.2, 0.25) is 0 Å².